The second kappa shape index (κ2) is 7.55. The summed E-state index contributed by atoms with van der Waals surface area (Å²) >= 11 is 0. The van der Waals surface area contributed by atoms with Crippen LogP contribution in [0.3, 0.4) is 0 Å². The second-order valence-electron chi connectivity index (χ2n) is 6.06. The predicted molar refractivity (Wildman–Crippen MR) is 96.4 cm³/mol. The van der Waals surface area contributed by atoms with Crippen molar-refractivity contribution in [2.24, 2.45) is 0 Å². The zero-order valence-electron chi connectivity index (χ0n) is 15.4. The van der Waals surface area contributed by atoms with E-state index in [4.69, 9.17) is 9.47 Å². The van der Waals surface area contributed by atoms with E-state index in [1.807, 2.05) is 32.0 Å². The number of tetrazole rings is 1. The number of rotatable bonds is 7. The number of fused-ring (bicyclic) bond motifs is 1. The van der Waals surface area contributed by atoms with Crippen molar-refractivity contribution in [3.63, 3.8) is 0 Å². The number of allylic oxidation sites excluding steroid dienone is 2. The van der Waals surface area contributed by atoms with E-state index in [0.29, 0.717) is 36.2 Å². The van der Waals surface area contributed by atoms with Gasteiger partial charge in [-0.15, -0.1) is 0 Å². The van der Waals surface area contributed by atoms with Crippen molar-refractivity contribution in [1.82, 2.24) is 20.2 Å². The molecule has 0 radical (unpaired) electrons. The smallest absolute Gasteiger partial charge is 0.248 e. The standard InChI is InChI=1S/C18H23N5O3/c1-5-9-26-14-8-7-13(10-15(14)25-6-2)17-16(12(4)24)11(3)19-18-20-21-22-23(17)18/h7-8,10,17H,5-6,9H2,1-4H3,(H,19,20,22). The molecule has 8 heteroatoms. The highest BCUT2D eigenvalue weighted by molar-refractivity contribution is 5.96. The van der Waals surface area contributed by atoms with Gasteiger partial charge in [-0.05, 0) is 55.3 Å². The molecule has 0 aliphatic carbocycles. The molecule has 1 aromatic carbocycles. The Kier molecular flexibility index (Phi) is 5.20. The van der Waals surface area contributed by atoms with Crippen molar-refractivity contribution in [2.75, 3.05) is 18.5 Å². The summed E-state index contributed by atoms with van der Waals surface area (Å²) in [6.45, 7) is 8.50. The van der Waals surface area contributed by atoms with Crippen molar-refractivity contribution in [1.29, 1.82) is 0 Å². The van der Waals surface area contributed by atoms with Gasteiger partial charge in [-0.2, -0.15) is 4.68 Å². The van der Waals surface area contributed by atoms with Crippen LogP contribution < -0.4 is 14.8 Å². The zero-order valence-corrected chi connectivity index (χ0v) is 15.4. The molecule has 1 aliphatic rings. The molecular weight excluding hydrogens is 334 g/mol. The van der Waals surface area contributed by atoms with E-state index in [9.17, 15) is 4.79 Å². The largest absolute Gasteiger partial charge is 0.490 e. The topological polar surface area (TPSA) is 91.2 Å². The van der Waals surface area contributed by atoms with Crippen LogP contribution in [-0.4, -0.2) is 39.2 Å². The number of anilines is 1. The van der Waals surface area contributed by atoms with Gasteiger partial charge in [0.05, 0.1) is 13.2 Å². The molecule has 26 heavy (non-hydrogen) atoms. The van der Waals surface area contributed by atoms with Crippen molar-refractivity contribution in [2.45, 2.75) is 40.2 Å². The number of carbonyl (C=O) groups excluding carboxylic acids is 1. The Balaban J connectivity index is 2.09. The van der Waals surface area contributed by atoms with E-state index in [-0.39, 0.29) is 5.78 Å². The molecule has 138 valence electrons. The Morgan fingerprint density at radius 3 is 2.77 bits per heavy atom. The van der Waals surface area contributed by atoms with Crippen LogP contribution in [0.5, 0.6) is 11.5 Å². The van der Waals surface area contributed by atoms with Gasteiger partial charge in [0.25, 0.3) is 0 Å². The Hall–Kier alpha value is -2.90. The fraction of sp³-hybridized carbons (Fsp3) is 0.444. The van der Waals surface area contributed by atoms with Crippen LogP contribution in [0.25, 0.3) is 0 Å². The fourth-order valence-electron chi connectivity index (χ4n) is 3.07. The molecule has 0 spiro atoms. The van der Waals surface area contributed by atoms with E-state index in [2.05, 4.69) is 27.8 Å². The lowest BCUT2D eigenvalue weighted by Gasteiger charge is -2.27. The maximum absolute atomic E-state index is 12.3. The summed E-state index contributed by atoms with van der Waals surface area (Å²) in [6, 6.07) is 5.27. The molecule has 0 saturated heterocycles. The second-order valence-corrected chi connectivity index (χ2v) is 6.06. The van der Waals surface area contributed by atoms with E-state index in [1.165, 1.54) is 0 Å². The van der Waals surface area contributed by atoms with Crippen LogP contribution in [0.15, 0.2) is 29.5 Å². The van der Waals surface area contributed by atoms with Gasteiger partial charge in [-0.3, -0.25) is 4.79 Å². The lowest BCUT2D eigenvalue weighted by atomic mass is 9.93. The van der Waals surface area contributed by atoms with Gasteiger partial charge in [0, 0.05) is 11.3 Å². The maximum Gasteiger partial charge on any atom is 0.248 e. The molecule has 1 aromatic heterocycles. The normalized spacial score (nSPS) is 16.1. The summed E-state index contributed by atoms with van der Waals surface area (Å²) in [7, 11) is 0. The Morgan fingerprint density at radius 2 is 2.08 bits per heavy atom. The van der Waals surface area contributed by atoms with Crippen LogP contribution in [0, 0.1) is 0 Å². The summed E-state index contributed by atoms with van der Waals surface area (Å²) in [5, 5.41) is 14.9. The summed E-state index contributed by atoms with van der Waals surface area (Å²) in [5.74, 6) is 1.80. The van der Waals surface area contributed by atoms with Crippen molar-refractivity contribution in [3.05, 3.63) is 35.0 Å². The first-order chi connectivity index (χ1) is 12.6. The monoisotopic (exact) mass is 357 g/mol. The van der Waals surface area contributed by atoms with Crippen molar-refractivity contribution < 1.29 is 14.3 Å². The fourth-order valence-corrected chi connectivity index (χ4v) is 3.07. The zero-order chi connectivity index (χ0) is 18.7. The lowest BCUT2D eigenvalue weighted by Crippen LogP contribution is -2.27. The SMILES string of the molecule is CCCOc1ccc(C2C(C(C)=O)=C(C)Nc3nnnn32)cc1OCC. The van der Waals surface area contributed by atoms with Crippen molar-refractivity contribution >= 4 is 11.7 Å². The molecular formula is C18H23N5O3. The molecule has 3 rings (SSSR count). The van der Waals surface area contributed by atoms with Crippen LogP contribution in [-0.2, 0) is 4.79 Å². The summed E-state index contributed by atoms with van der Waals surface area (Å²) in [4.78, 5) is 12.3. The Bertz CT molecular complexity index is 843. The van der Waals surface area contributed by atoms with Crippen LogP contribution in [0.2, 0.25) is 0 Å². The third-order valence-corrected chi connectivity index (χ3v) is 4.14. The van der Waals surface area contributed by atoms with Crippen molar-refractivity contribution in [3.8, 4) is 11.5 Å². The number of nitrogens with zero attached hydrogens (tertiary/aromatic N) is 4. The van der Waals surface area contributed by atoms with Gasteiger partial charge in [-0.25, -0.2) is 0 Å². The molecule has 2 heterocycles. The van der Waals surface area contributed by atoms with E-state index < -0.39 is 6.04 Å². The molecule has 1 unspecified atom stereocenters. The highest BCUT2D eigenvalue weighted by Gasteiger charge is 2.32. The predicted octanol–water partition coefficient (Wildman–Crippen LogP) is 2.74. The molecule has 0 saturated carbocycles. The first kappa shape index (κ1) is 17.9. The summed E-state index contributed by atoms with van der Waals surface area (Å²) in [5.41, 5.74) is 2.22. The van der Waals surface area contributed by atoms with Gasteiger partial charge in [-0.1, -0.05) is 18.1 Å². The number of nitrogens with one attached hydrogen (secondary N) is 1. The van der Waals surface area contributed by atoms with Gasteiger partial charge >= 0.3 is 0 Å². The number of ketones is 1. The highest BCUT2D eigenvalue weighted by atomic mass is 16.5. The van der Waals surface area contributed by atoms with E-state index in [1.54, 1.807) is 11.6 Å². The number of hydrogen-bond acceptors (Lipinski definition) is 7. The van der Waals surface area contributed by atoms with Gasteiger partial charge in [0.15, 0.2) is 17.3 Å². The maximum atomic E-state index is 12.3. The van der Waals surface area contributed by atoms with Crippen LogP contribution in [0.1, 0.15) is 45.7 Å². The summed E-state index contributed by atoms with van der Waals surface area (Å²) < 4.78 is 13.1. The average molecular weight is 357 g/mol. The molecule has 1 N–H and O–H groups in total. The van der Waals surface area contributed by atoms with Gasteiger partial charge < -0.3 is 14.8 Å². The number of ether oxygens (including phenoxy) is 2. The minimum atomic E-state index is -0.418. The van der Waals surface area contributed by atoms with Crippen LogP contribution in [0.4, 0.5) is 5.95 Å². The minimum absolute atomic E-state index is 0.0366. The number of benzene rings is 1. The number of aromatic nitrogens is 4. The molecule has 0 bridgehead atoms. The highest BCUT2D eigenvalue weighted by Crippen LogP contribution is 2.38. The number of carbonyl (C=O) groups is 1. The lowest BCUT2D eigenvalue weighted by molar-refractivity contribution is -0.114. The molecule has 0 amide bonds. The summed E-state index contributed by atoms with van der Waals surface area (Å²) in [6.07, 6.45) is 0.909. The van der Waals surface area contributed by atoms with E-state index >= 15 is 0 Å². The van der Waals surface area contributed by atoms with Gasteiger partial charge in [0.1, 0.15) is 6.04 Å². The van der Waals surface area contributed by atoms with Crippen LogP contribution >= 0.6 is 0 Å². The molecule has 8 nitrogen and oxygen atoms in total. The third kappa shape index (κ3) is 3.26. The first-order valence-electron chi connectivity index (χ1n) is 8.72. The van der Waals surface area contributed by atoms with Gasteiger partial charge in [0.2, 0.25) is 5.95 Å². The molecule has 1 aliphatic heterocycles. The first-order valence-corrected chi connectivity index (χ1v) is 8.72. The number of Topliss-reactive ketones (excluding diaryl/α,β-unsaturated/α-hetero) is 1. The average Bonchev–Trinajstić information content (AvgIpc) is 3.07. The van der Waals surface area contributed by atoms with E-state index in [0.717, 1.165) is 17.7 Å². The molecule has 0 fully saturated rings. The third-order valence-electron chi connectivity index (χ3n) is 4.14. The Morgan fingerprint density at radius 1 is 1.27 bits per heavy atom. The molecule has 1 atom stereocenters. The number of hydrogen-bond donors (Lipinski definition) is 1. The minimum Gasteiger partial charge on any atom is -0.490 e. The Labute approximate surface area is 152 Å². The quantitative estimate of drug-likeness (QED) is 0.814. The molecule has 2 aromatic rings.